The third kappa shape index (κ3) is 4.29. The number of benzene rings is 2. The second-order valence-corrected chi connectivity index (χ2v) is 9.51. The summed E-state index contributed by atoms with van der Waals surface area (Å²) in [5.41, 5.74) is 4.06. The molecule has 3 aromatic rings. The smallest absolute Gasteiger partial charge is 0.154 e. The SMILES string of the molecule is O=S(=O)(CCC1CC(c2ccc(O)cc2)=CCN1)Cc1c[nH]c2ccccc12. The zero-order valence-electron chi connectivity index (χ0n) is 15.6. The van der Waals surface area contributed by atoms with Crippen molar-refractivity contribution in [2.24, 2.45) is 0 Å². The number of aromatic nitrogens is 1. The Kier molecular flexibility index (Phi) is 5.24. The second kappa shape index (κ2) is 7.81. The van der Waals surface area contributed by atoms with Gasteiger partial charge in [-0.15, -0.1) is 0 Å². The Bertz CT molecular complexity index is 1100. The quantitative estimate of drug-likeness (QED) is 0.594. The summed E-state index contributed by atoms with van der Waals surface area (Å²) >= 11 is 0. The van der Waals surface area contributed by atoms with Crippen molar-refractivity contribution in [1.82, 2.24) is 10.3 Å². The standard InChI is InChI=1S/C22H24N2O3S/c25-20-7-5-16(6-8-20)17-9-11-23-19(13-17)10-12-28(26,27)15-18-14-24-22-4-2-1-3-21(18)22/h1-9,14,19,23-25H,10-13,15H2. The molecule has 1 aromatic heterocycles. The van der Waals surface area contributed by atoms with Crippen molar-refractivity contribution >= 4 is 26.3 Å². The van der Waals surface area contributed by atoms with Gasteiger partial charge in [0, 0.05) is 29.7 Å². The van der Waals surface area contributed by atoms with Gasteiger partial charge in [0.25, 0.3) is 0 Å². The molecule has 28 heavy (non-hydrogen) atoms. The zero-order chi connectivity index (χ0) is 19.6. The van der Waals surface area contributed by atoms with E-state index in [0.29, 0.717) is 6.42 Å². The van der Waals surface area contributed by atoms with Gasteiger partial charge in [-0.1, -0.05) is 36.4 Å². The summed E-state index contributed by atoms with van der Waals surface area (Å²) in [4.78, 5) is 3.14. The fourth-order valence-corrected chi connectivity index (χ4v) is 5.27. The van der Waals surface area contributed by atoms with Crippen molar-refractivity contribution in [2.75, 3.05) is 12.3 Å². The highest BCUT2D eigenvalue weighted by Gasteiger charge is 2.21. The van der Waals surface area contributed by atoms with Gasteiger partial charge < -0.3 is 15.4 Å². The molecule has 2 heterocycles. The van der Waals surface area contributed by atoms with E-state index >= 15 is 0 Å². The van der Waals surface area contributed by atoms with E-state index in [1.54, 1.807) is 18.3 Å². The summed E-state index contributed by atoms with van der Waals surface area (Å²) in [6.07, 6.45) is 5.30. The number of rotatable bonds is 6. The molecule has 0 fully saturated rings. The molecule has 0 amide bonds. The van der Waals surface area contributed by atoms with Crippen LogP contribution >= 0.6 is 0 Å². The molecule has 0 saturated heterocycles. The molecule has 3 N–H and O–H groups in total. The van der Waals surface area contributed by atoms with Gasteiger partial charge in [0.1, 0.15) is 5.75 Å². The molecule has 6 heteroatoms. The van der Waals surface area contributed by atoms with Crippen LogP contribution in [0.4, 0.5) is 0 Å². The topological polar surface area (TPSA) is 82.2 Å². The summed E-state index contributed by atoms with van der Waals surface area (Å²) in [5.74, 6) is 0.468. The molecule has 0 radical (unpaired) electrons. The Hall–Kier alpha value is -2.57. The number of para-hydroxylation sites is 1. The molecule has 0 spiro atoms. The van der Waals surface area contributed by atoms with E-state index in [2.05, 4.69) is 16.4 Å². The minimum atomic E-state index is -3.20. The van der Waals surface area contributed by atoms with Gasteiger partial charge in [-0.3, -0.25) is 0 Å². The average molecular weight is 397 g/mol. The van der Waals surface area contributed by atoms with Gasteiger partial charge in [0.2, 0.25) is 0 Å². The molecule has 2 aromatic carbocycles. The summed E-state index contributed by atoms with van der Waals surface area (Å²) in [7, 11) is -3.20. The van der Waals surface area contributed by atoms with E-state index in [-0.39, 0.29) is 23.3 Å². The first-order valence-electron chi connectivity index (χ1n) is 9.47. The number of nitrogens with one attached hydrogen (secondary N) is 2. The molecule has 1 unspecified atom stereocenters. The first kappa shape index (κ1) is 18.8. The largest absolute Gasteiger partial charge is 0.508 e. The van der Waals surface area contributed by atoms with Crippen molar-refractivity contribution < 1.29 is 13.5 Å². The summed E-state index contributed by atoms with van der Waals surface area (Å²) < 4.78 is 25.4. The van der Waals surface area contributed by atoms with E-state index in [0.717, 1.165) is 35.0 Å². The number of hydrogen-bond acceptors (Lipinski definition) is 4. The van der Waals surface area contributed by atoms with Crippen LogP contribution in [0.5, 0.6) is 5.75 Å². The summed E-state index contributed by atoms with van der Waals surface area (Å²) in [6, 6.07) is 15.1. The number of hydrogen-bond donors (Lipinski definition) is 3. The maximum atomic E-state index is 12.7. The van der Waals surface area contributed by atoms with E-state index in [9.17, 15) is 13.5 Å². The Labute approximate surface area is 165 Å². The van der Waals surface area contributed by atoms with Crippen molar-refractivity contribution in [3.8, 4) is 5.75 Å². The minimum Gasteiger partial charge on any atom is -0.508 e. The average Bonchev–Trinajstić information content (AvgIpc) is 3.10. The Morgan fingerprint density at radius 1 is 1.07 bits per heavy atom. The molecule has 1 aliphatic rings. The third-order valence-electron chi connectivity index (χ3n) is 5.29. The van der Waals surface area contributed by atoms with E-state index in [4.69, 9.17) is 0 Å². The molecule has 0 saturated carbocycles. The number of sulfone groups is 1. The first-order chi connectivity index (χ1) is 13.5. The molecular weight excluding hydrogens is 372 g/mol. The first-order valence-corrected chi connectivity index (χ1v) is 11.3. The van der Waals surface area contributed by atoms with Gasteiger partial charge in [-0.05, 0) is 47.7 Å². The highest BCUT2D eigenvalue weighted by Crippen LogP contribution is 2.26. The molecular formula is C22H24N2O3S. The molecule has 5 nitrogen and oxygen atoms in total. The lowest BCUT2D eigenvalue weighted by atomic mass is 9.94. The fourth-order valence-electron chi connectivity index (χ4n) is 3.77. The van der Waals surface area contributed by atoms with Crippen LogP contribution in [-0.4, -0.2) is 36.8 Å². The Balaban J connectivity index is 1.38. The van der Waals surface area contributed by atoms with Gasteiger partial charge >= 0.3 is 0 Å². The van der Waals surface area contributed by atoms with E-state index < -0.39 is 9.84 Å². The lowest BCUT2D eigenvalue weighted by Crippen LogP contribution is -2.34. The predicted molar refractivity (Wildman–Crippen MR) is 113 cm³/mol. The van der Waals surface area contributed by atoms with Gasteiger partial charge in [0.15, 0.2) is 9.84 Å². The molecule has 1 aliphatic heterocycles. The number of fused-ring (bicyclic) bond motifs is 1. The lowest BCUT2D eigenvalue weighted by molar-refractivity contribution is 0.475. The third-order valence-corrected chi connectivity index (χ3v) is 6.90. The predicted octanol–water partition coefficient (Wildman–Crippen LogP) is 3.62. The van der Waals surface area contributed by atoms with Crippen LogP contribution in [0.25, 0.3) is 16.5 Å². The van der Waals surface area contributed by atoms with Gasteiger partial charge in [-0.25, -0.2) is 8.42 Å². The lowest BCUT2D eigenvalue weighted by Gasteiger charge is -2.24. The Morgan fingerprint density at radius 2 is 1.86 bits per heavy atom. The monoisotopic (exact) mass is 396 g/mol. The molecule has 146 valence electrons. The second-order valence-electron chi connectivity index (χ2n) is 7.33. The van der Waals surface area contributed by atoms with Crippen LogP contribution in [0.15, 0.2) is 60.8 Å². The molecule has 4 rings (SSSR count). The zero-order valence-corrected chi connectivity index (χ0v) is 16.4. The van der Waals surface area contributed by atoms with Crippen molar-refractivity contribution in [3.05, 3.63) is 71.9 Å². The van der Waals surface area contributed by atoms with Crippen LogP contribution in [-0.2, 0) is 15.6 Å². The van der Waals surface area contributed by atoms with Crippen LogP contribution in [0.1, 0.15) is 24.0 Å². The summed E-state index contributed by atoms with van der Waals surface area (Å²) in [5, 5.41) is 13.8. The van der Waals surface area contributed by atoms with Gasteiger partial charge in [-0.2, -0.15) is 0 Å². The fraction of sp³-hybridized carbons (Fsp3) is 0.273. The molecule has 0 aliphatic carbocycles. The highest BCUT2D eigenvalue weighted by atomic mass is 32.2. The number of H-pyrrole nitrogens is 1. The van der Waals surface area contributed by atoms with Crippen LogP contribution in [0, 0.1) is 0 Å². The maximum absolute atomic E-state index is 12.7. The van der Waals surface area contributed by atoms with Crippen LogP contribution in [0.3, 0.4) is 0 Å². The van der Waals surface area contributed by atoms with Gasteiger partial charge in [0.05, 0.1) is 11.5 Å². The number of aromatic amines is 1. The number of phenolic OH excluding ortho intramolecular Hbond substituents is 1. The molecule has 1 atom stereocenters. The van der Waals surface area contributed by atoms with Crippen molar-refractivity contribution in [1.29, 1.82) is 0 Å². The Morgan fingerprint density at radius 3 is 2.68 bits per heavy atom. The summed E-state index contributed by atoms with van der Waals surface area (Å²) in [6.45, 7) is 0.726. The van der Waals surface area contributed by atoms with E-state index in [1.807, 2.05) is 36.4 Å². The highest BCUT2D eigenvalue weighted by molar-refractivity contribution is 7.90. The van der Waals surface area contributed by atoms with Crippen molar-refractivity contribution in [3.63, 3.8) is 0 Å². The minimum absolute atomic E-state index is 0.0599. The van der Waals surface area contributed by atoms with Crippen LogP contribution in [0.2, 0.25) is 0 Å². The van der Waals surface area contributed by atoms with E-state index in [1.165, 1.54) is 5.57 Å². The maximum Gasteiger partial charge on any atom is 0.154 e. The van der Waals surface area contributed by atoms with Crippen molar-refractivity contribution in [2.45, 2.75) is 24.6 Å². The number of aromatic hydroxyl groups is 1. The molecule has 0 bridgehead atoms. The normalized spacial score (nSPS) is 17.6. The number of phenols is 1. The van der Waals surface area contributed by atoms with Crippen LogP contribution < -0.4 is 5.32 Å².